The number of ether oxygens (including phenoxy) is 1. The minimum absolute atomic E-state index is 0.0273. The van der Waals surface area contributed by atoms with E-state index in [4.69, 9.17) is 4.74 Å². The number of fused-ring (bicyclic) bond motifs is 1. The lowest BCUT2D eigenvalue weighted by Gasteiger charge is -2.08. The number of carbonyl (C=O) groups is 1. The average molecular weight is 395 g/mol. The van der Waals surface area contributed by atoms with Crippen LogP contribution in [0.2, 0.25) is 0 Å². The van der Waals surface area contributed by atoms with E-state index in [1.165, 1.54) is 34.8 Å². The molecule has 0 bridgehead atoms. The molecule has 29 heavy (non-hydrogen) atoms. The Hall–Kier alpha value is -3.88. The third kappa shape index (κ3) is 4.03. The molecule has 0 aliphatic heterocycles. The second kappa shape index (κ2) is 8.01. The Morgan fingerprint density at radius 3 is 2.59 bits per heavy atom. The fourth-order valence-corrected chi connectivity index (χ4v) is 2.69. The van der Waals surface area contributed by atoms with Crippen molar-refractivity contribution in [3.63, 3.8) is 0 Å². The van der Waals surface area contributed by atoms with E-state index in [-0.39, 0.29) is 24.5 Å². The highest BCUT2D eigenvalue weighted by molar-refractivity contribution is 5.94. The molecule has 4 aromatic rings. The summed E-state index contributed by atoms with van der Waals surface area (Å²) in [4.78, 5) is 12.0. The van der Waals surface area contributed by atoms with Gasteiger partial charge in [0, 0.05) is 11.6 Å². The normalized spacial score (nSPS) is 10.8. The maximum absolute atomic E-state index is 13.6. The zero-order valence-corrected chi connectivity index (χ0v) is 15.0. The number of hydrogen-bond acceptors (Lipinski definition) is 5. The van der Waals surface area contributed by atoms with Gasteiger partial charge in [-0.3, -0.25) is 4.79 Å². The molecule has 4 rings (SSSR count). The summed E-state index contributed by atoms with van der Waals surface area (Å²) in [7, 11) is 0. The molecule has 0 fully saturated rings. The second-order valence-corrected chi connectivity index (χ2v) is 6.06. The van der Waals surface area contributed by atoms with Gasteiger partial charge in [0.2, 0.25) is 5.88 Å². The summed E-state index contributed by atoms with van der Waals surface area (Å²) in [5, 5.41) is 15.0. The smallest absolute Gasteiger partial charge is 0.254 e. The number of halogens is 2. The highest BCUT2D eigenvalue weighted by Gasteiger charge is 2.12. The van der Waals surface area contributed by atoms with Crippen molar-refractivity contribution in [2.45, 2.75) is 0 Å². The fraction of sp³-hybridized carbons (Fsp3) is 0.100. The molecule has 2 heterocycles. The van der Waals surface area contributed by atoms with Gasteiger partial charge >= 0.3 is 0 Å². The lowest BCUT2D eigenvalue weighted by Crippen LogP contribution is -2.28. The van der Waals surface area contributed by atoms with Gasteiger partial charge in [-0.25, -0.2) is 8.78 Å². The first-order valence-electron chi connectivity index (χ1n) is 8.76. The van der Waals surface area contributed by atoms with Crippen molar-refractivity contribution in [2.24, 2.45) is 0 Å². The Kier molecular flexibility index (Phi) is 5.10. The first-order chi connectivity index (χ1) is 14.1. The summed E-state index contributed by atoms with van der Waals surface area (Å²) in [6.07, 6.45) is 0. The van der Waals surface area contributed by atoms with E-state index in [0.29, 0.717) is 22.9 Å². The van der Waals surface area contributed by atoms with Crippen molar-refractivity contribution in [1.82, 2.24) is 25.1 Å². The van der Waals surface area contributed by atoms with Gasteiger partial charge in [-0.15, -0.1) is 15.3 Å². The number of nitrogens with one attached hydrogen (secondary N) is 1. The Labute approximate surface area is 164 Å². The van der Waals surface area contributed by atoms with Crippen LogP contribution in [0.4, 0.5) is 8.78 Å². The standard InChI is InChI=1S/C20H15F2N5O2/c21-14-7-5-13(6-8-14)19-25-24-17-9-10-18(26-27(17)19)29-12-11-23-20(28)15-3-1-2-4-16(15)22/h1-10H,11-12H2,(H,23,28). The third-order valence-corrected chi connectivity index (χ3v) is 4.10. The van der Waals surface area contributed by atoms with Gasteiger partial charge in [-0.05, 0) is 42.5 Å². The van der Waals surface area contributed by atoms with Crippen LogP contribution in [0.5, 0.6) is 5.88 Å². The molecule has 2 aromatic heterocycles. The molecule has 0 radical (unpaired) electrons. The molecule has 0 spiro atoms. The predicted molar refractivity (Wildman–Crippen MR) is 100 cm³/mol. The van der Waals surface area contributed by atoms with Gasteiger partial charge in [0.1, 0.15) is 18.2 Å². The fourth-order valence-electron chi connectivity index (χ4n) is 2.69. The maximum atomic E-state index is 13.6. The van der Waals surface area contributed by atoms with Gasteiger partial charge in [0.25, 0.3) is 5.91 Å². The first kappa shape index (κ1) is 18.5. The summed E-state index contributed by atoms with van der Waals surface area (Å²) in [6, 6.07) is 14.9. The Morgan fingerprint density at radius 1 is 1.00 bits per heavy atom. The van der Waals surface area contributed by atoms with Crippen molar-refractivity contribution in [1.29, 1.82) is 0 Å². The molecule has 0 aliphatic rings. The van der Waals surface area contributed by atoms with Crippen LogP contribution in [0.15, 0.2) is 60.7 Å². The molecule has 0 atom stereocenters. The molecule has 2 aromatic carbocycles. The zero-order valence-electron chi connectivity index (χ0n) is 15.0. The zero-order chi connectivity index (χ0) is 20.2. The molecular formula is C20H15F2N5O2. The van der Waals surface area contributed by atoms with Crippen molar-refractivity contribution < 1.29 is 18.3 Å². The SMILES string of the molecule is O=C(NCCOc1ccc2nnc(-c3ccc(F)cc3)n2n1)c1ccccc1F. The number of hydrogen-bond donors (Lipinski definition) is 1. The van der Waals surface area contributed by atoms with Crippen molar-refractivity contribution in [3.05, 3.63) is 77.9 Å². The summed E-state index contributed by atoms with van der Waals surface area (Å²) in [5.41, 5.74) is 1.13. The van der Waals surface area contributed by atoms with Gasteiger partial charge < -0.3 is 10.1 Å². The van der Waals surface area contributed by atoms with Gasteiger partial charge in [-0.1, -0.05) is 12.1 Å². The van der Waals surface area contributed by atoms with E-state index < -0.39 is 11.7 Å². The molecule has 0 aliphatic carbocycles. The molecule has 0 saturated carbocycles. The summed E-state index contributed by atoms with van der Waals surface area (Å²) < 4.78 is 33.8. The molecule has 1 amide bonds. The number of nitrogens with zero attached hydrogens (tertiary/aromatic N) is 4. The van der Waals surface area contributed by atoms with E-state index in [9.17, 15) is 13.6 Å². The first-order valence-corrected chi connectivity index (χ1v) is 8.76. The lowest BCUT2D eigenvalue weighted by molar-refractivity contribution is 0.0942. The minimum Gasteiger partial charge on any atom is -0.475 e. The lowest BCUT2D eigenvalue weighted by atomic mass is 10.2. The molecular weight excluding hydrogens is 380 g/mol. The van der Waals surface area contributed by atoms with Gasteiger partial charge in [0.05, 0.1) is 12.1 Å². The van der Waals surface area contributed by atoms with Crippen LogP contribution in [0.1, 0.15) is 10.4 Å². The predicted octanol–water partition coefficient (Wildman–Crippen LogP) is 2.88. The minimum atomic E-state index is -0.584. The Morgan fingerprint density at radius 2 is 1.79 bits per heavy atom. The molecule has 0 unspecified atom stereocenters. The summed E-state index contributed by atoms with van der Waals surface area (Å²) >= 11 is 0. The number of aromatic nitrogens is 4. The summed E-state index contributed by atoms with van der Waals surface area (Å²) in [6.45, 7) is 0.298. The van der Waals surface area contributed by atoms with Crippen LogP contribution < -0.4 is 10.1 Å². The van der Waals surface area contributed by atoms with E-state index >= 15 is 0 Å². The Balaban J connectivity index is 1.41. The van der Waals surface area contributed by atoms with E-state index in [1.807, 2.05) is 0 Å². The second-order valence-electron chi connectivity index (χ2n) is 6.06. The van der Waals surface area contributed by atoms with Crippen molar-refractivity contribution in [2.75, 3.05) is 13.2 Å². The molecule has 1 N–H and O–H groups in total. The van der Waals surface area contributed by atoms with Crippen LogP contribution in [-0.2, 0) is 0 Å². The molecule has 0 saturated heterocycles. The molecule has 146 valence electrons. The van der Waals surface area contributed by atoms with E-state index in [1.54, 1.807) is 30.3 Å². The summed E-state index contributed by atoms with van der Waals surface area (Å²) in [5.74, 6) is -0.720. The van der Waals surface area contributed by atoms with Crippen LogP contribution >= 0.6 is 0 Å². The monoisotopic (exact) mass is 395 g/mol. The van der Waals surface area contributed by atoms with E-state index in [0.717, 1.165) is 0 Å². The number of carbonyl (C=O) groups excluding carboxylic acids is 1. The van der Waals surface area contributed by atoms with Crippen LogP contribution in [0, 0.1) is 11.6 Å². The highest BCUT2D eigenvalue weighted by Crippen LogP contribution is 2.19. The van der Waals surface area contributed by atoms with Crippen molar-refractivity contribution in [3.8, 4) is 17.3 Å². The highest BCUT2D eigenvalue weighted by atomic mass is 19.1. The third-order valence-electron chi connectivity index (χ3n) is 4.10. The van der Waals surface area contributed by atoms with Gasteiger partial charge in [0.15, 0.2) is 11.5 Å². The van der Waals surface area contributed by atoms with E-state index in [2.05, 4.69) is 20.6 Å². The quantitative estimate of drug-likeness (QED) is 0.508. The van der Waals surface area contributed by atoms with Crippen LogP contribution in [0.3, 0.4) is 0 Å². The molecule has 9 heteroatoms. The number of amides is 1. The van der Waals surface area contributed by atoms with Crippen LogP contribution in [0.25, 0.3) is 17.0 Å². The number of benzene rings is 2. The maximum Gasteiger partial charge on any atom is 0.254 e. The largest absolute Gasteiger partial charge is 0.475 e. The average Bonchev–Trinajstić information content (AvgIpc) is 3.15. The number of rotatable bonds is 6. The van der Waals surface area contributed by atoms with Gasteiger partial charge in [-0.2, -0.15) is 4.52 Å². The molecule has 7 nitrogen and oxygen atoms in total. The topological polar surface area (TPSA) is 81.4 Å². The van der Waals surface area contributed by atoms with Crippen molar-refractivity contribution >= 4 is 11.6 Å². The van der Waals surface area contributed by atoms with Crippen LogP contribution in [-0.4, -0.2) is 38.9 Å². The Bertz CT molecular complexity index is 1160.